The molecule has 3 nitrogen and oxygen atoms in total. The first-order chi connectivity index (χ1) is 13.4. The van der Waals surface area contributed by atoms with Crippen molar-refractivity contribution in [3.05, 3.63) is 41.6 Å². The summed E-state index contributed by atoms with van der Waals surface area (Å²) in [5, 5.41) is 3.65. The molecule has 0 radical (unpaired) electrons. The monoisotopic (exact) mass is 371 g/mol. The largest absolute Gasteiger partial charge is 0.493 e. The van der Waals surface area contributed by atoms with Crippen molar-refractivity contribution in [1.82, 2.24) is 4.98 Å². The average Bonchev–Trinajstić information content (AvgIpc) is 2.86. The predicted molar refractivity (Wildman–Crippen MR) is 110 cm³/mol. The van der Waals surface area contributed by atoms with Crippen molar-refractivity contribution in [2.45, 2.75) is 44.9 Å². The van der Waals surface area contributed by atoms with Gasteiger partial charge in [-0.15, -0.1) is 0 Å². The Bertz CT molecular complexity index is 1250. The first-order valence-corrected chi connectivity index (χ1v) is 10.4. The third-order valence-electron chi connectivity index (χ3n) is 9.92. The van der Waals surface area contributed by atoms with Gasteiger partial charge in [0.2, 0.25) is 0 Å². The molecule has 0 N–H and O–H groups in total. The van der Waals surface area contributed by atoms with Crippen LogP contribution in [0.1, 0.15) is 50.7 Å². The number of nitrogens with zero attached hydrogens (tertiary/aromatic N) is 1. The average molecular weight is 371 g/mol. The number of aromatic nitrogens is 1. The van der Waals surface area contributed by atoms with Crippen LogP contribution in [0.2, 0.25) is 0 Å². The predicted octanol–water partition coefficient (Wildman–Crippen LogP) is 5.58. The Hall–Kier alpha value is -2.29. The number of benzene rings is 2. The Morgan fingerprint density at radius 2 is 1.71 bits per heavy atom. The number of fused-ring (bicyclic) bond motifs is 8. The minimum Gasteiger partial charge on any atom is -0.493 e. The summed E-state index contributed by atoms with van der Waals surface area (Å²) in [7, 11) is 3.38. The smallest absolute Gasteiger partial charge is 0.161 e. The van der Waals surface area contributed by atoms with E-state index >= 15 is 0 Å². The molecule has 4 aliphatic carbocycles. The summed E-state index contributed by atoms with van der Waals surface area (Å²) in [5.41, 5.74) is 6.12. The summed E-state index contributed by atoms with van der Waals surface area (Å²) in [5.74, 6) is 2.25. The summed E-state index contributed by atoms with van der Waals surface area (Å²) in [6.07, 6.45) is 4.87. The minimum absolute atomic E-state index is 0.306. The van der Waals surface area contributed by atoms with E-state index in [1.54, 1.807) is 19.8 Å². The lowest BCUT2D eigenvalue weighted by Crippen LogP contribution is -2.49. The molecule has 3 heteroatoms. The first-order valence-electron chi connectivity index (χ1n) is 10.4. The van der Waals surface area contributed by atoms with E-state index in [2.05, 4.69) is 51.2 Å². The van der Waals surface area contributed by atoms with Gasteiger partial charge in [0, 0.05) is 22.4 Å². The molecule has 1 spiro atoms. The van der Waals surface area contributed by atoms with E-state index in [9.17, 15) is 0 Å². The molecule has 0 aliphatic heterocycles. The third kappa shape index (κ3) is 1.12. The van der Waals surface area contributed by atoms with E-state index in [0.29, 0.717) is 27.6 Å². The summed E-state index contributed by atoms with van der Waals surface area (Å²) in [6, 6.07) is 8.68. The number of rotatable bonds is 2. The van der Waals surface area contributed by atoms with Crippen molar-refractivity contribution in [3.8, 4) is 11.5 Å². The number of hydrogen-bond acceptors (Lipinski definition) is 3. The number of methoxy groups -OCH3 is 2. The Labute approximate surface area is 165 Å². The molecule has 1 heterocycles. The van der Waals surface area contributed by atoms with Crippen LogP contribution in [-0.4, -0.2) is 19.2 Å². The highest BCUT2D eigenvalue weighted by Gasteiger charge is 3.03. The minimum atomic E-state index is 0.306. The maximum atomic E-state index is 5.58. The molecule has 1 aromatic heterocycles. The van der Waals surface area contributed by atoms with Gasteiger partial charge in [0.05, 0.1) is 19.7 Å². The van der Waals surface area contributed by atoms with E-state index in [-0.39, 0.29) is 0 Å². The van der Waals surface area contributed by atoms with E-state index < -0.39 is 0 Å². The summed E-state index contributed by atoms with van der Waals surface area (Å²) < 4.78 is 11.1. The summed E-state index contributed by atoms with van der Waals surface area (Å²) in [6.45, 7) is 7.63. The normalized spacial score (nSPS) is 41.0. The van der Waals surface area contributed by atoms with Gasteiger partial charge in [-0.3, -0.25) is 4.98 Å². The van der Waals surface area contributed by atoms with Crippen molar-refractivity contribution >= 4 is 21.7 Å². The van der Waals surface area contributed by atoms with Crippen LogP contribution in [0.3, 0.4) is 0 Å². The van der Waals surface area contributed by atoms with Crippen LogP contribution in [0.5, 0.6) is 11.5 Å². The molecule has 5 unspecified atom stereocenters. The lowest BCUT2D eigenvalue weighted by Gasteiger charge is -2.52. The molecule has 0 bridgehead atoms. The summed E-state index contributed by atoms with van der Waals surface area (Å²) >= 11 is 0. The van der Waals surface area contributed by atoms with Gasteiger partial charge in [-0.2, -0.15) is 0 Å². The highest BCUT2D eigenvalue weighted by atomic mass is 16.5. The first kappa shape index (κ1) is 15.6. The van der Waals surface area contributed by atoms with E-state index in [1.807, 2.05) is 0 Å². The van der Waals surface area contributed by atoms with Gasteiger partial charge in [0.15, 0.2) is 11.5 Å². The lowest BCUT2D eigenvalue weighted by molar-refractivity contribution is 0.0211. The highest BCUT2D eigenvalue weighted by Crippen LogP contribution is 3.08. The highest BCUT2D eigenvalue weighted by molar-refractivity contribution is 6.08. The van der Waals surface area contributed by atoms with E-state index in [1.165, 1.54) is 23.8 Å². The van der Waals surface area contributed by atoms with Crippen LogP contribution < -0.4 is 9.47 Å². The van der Waals surface area contributed by atoms with Gasteiger partial charge in [0.1, 0.15) is 0 Å². The van der Waals surface area contributed by atoms with Gasteiger partial charge in [-0.05, 0) is 63.7 Å². The van der Waals surface area contributed by atoms with Gasteiger partial charge < -0.3 is 9.47 Å². The molecule has 0 saturated heterocycles. The van der Waals surface area contributed by atoms with Crippen LogP contribution in [0.15, 0.2) is 30.5 Å². The molecule has 142 valence electrons. The van der Waals surface area contributed by atoms with Crippen LogP contribution in [-0.2, 0) is 5.41 Å². The second-order valence-corrected chi connectivity index (χ2v) is 10.2. The van der Waals surface area contributed by atoms with Crippen LogP contribution >= 0.6 is 0 Å². The lowest BCUT2D eigenvalue weighted by atomic mass is 9.50. The molecule has 2 aromatic carbocycles. The van der Waals surface area contributed by atoms with Crippen molar-refractivity contribution < 1.29 is 9.47 Å². The van der Waals surface area contributed by atoms with Crippen molar-refractivity contribution in [2.75, 3.05) is 14.2 Å². The molecule has 3 saturated carbocycles. The second kappa shape index (κ2) is 4.03. The standard InChI is InChI=1S/C25H25NO2/c1-22-12-24(3)23(2)10-17(25(22,23)24)16-11-26-21-14(20(16)22)7-6-13-8-18(27-4)19(28-5)9-15(13)21/h6-9,11,17H,10,12H2,1-5H3. The van der Waals surface area contributed by atoms with Crippen LogP contribution in [0, 0.1) is 16.2 Å². The van der Waals surface area contributed by atoms with E-state index in [0.717, 1.165) is 27.8 Å². The number of pyridine rings is 1. The van der Waals surface area contributed by atoms with Gasteiger partial charge in [-0.1, -0.05) is 32.9 Å². The Morgan fingerprint density at radius 3 is 2.39 bits per heavy atom. The van der Waals surface area contributed by atoms with Crippen molar-refractivity contribution in [3.63, 3.8) is 0 Å². The van der Waals surface area contributed by atoms with Crippen LogP contribution in [0.4, 0.5) is 0 Å². The Kier molecular flexibility index (Phi) is 2.25. The third-order valence-corrected chi connectivity index (χ3v) is 9.92. The second-order valence-electron chi connectivity index (χ2n) is 10.2. The zero-order chi connectivity index (χ0) is 19.3. The Morgan fingerprint density at radius 1 is 0.964 bits per heavy atom. The zero-order valence-electron chi connectivity index (χ0n) is 17.1. The maximum Gasteiger partial charge on any atom is 0.161 e. The SMILES string of the molecule is COc1cc2ccc3c4c(cnc3c2cc1OC)C1CC2(C)C3(C)CC4(C)C123. The zero-order valence-corrected chi connectivity index (χ0v) is 17.1. The van der Waals surface area contributed by atoms with Gasteiger partial charge >= 0.3 is 0 Å². The fourth-order valence-electron chi connectivity index (χ4n) is 9.21. The molecule has 0 amide bonds. The summed E-state index contributed by atoms with van der Waals surface area (Å²) in [4.78, 5) is 5.01. The molecule has 3 aromatic rings. The molecule has 3 fully saturated rings. The van der Waals surface area contributed by atoms with Crippen molar-refractivity contribution in [2.24, 2.45) is 16.2 Å². The molecule has 7 rings (SSSR count). The number of ether oxygens (including phenoxy) is 2. The van der Waals surface area contributed by atoms with Crippen LogP contribution in [0.25, 0.3) is 21.7 Å². The molecule has 28 heavy (non-hydrogen) atoms. The van der Waals surface area contributed by atoms with Gasteiger partial charge in [-0.25, -0.2) is 0 Å². The molecule has 5 atom stereocenters. The molecular formula is C25H25NO2. The maximum absolute atomic E-state index is 5.58. The quantitative estimate of drug-likeness (QED) is 0.551. The topological polar surface area (TPSA) is 31.4 Å². The molecular weight excluding hydrogens is 346 g/mol. The molecule has 4 aliphatic rings. The van der Waals surface area contributed by atoms with Crippen molar-refractivity contribution in [1.29, 1.82) is 0 Å². The fraction of sp³-hybridized carbons (Fsp3) is 0.480. The van der Waals surface area contributed by atoms with E-state index in [4.69, 9.17) is 14.5 Å². The fourth-order valence-corrected chi connectivity index (χ4v) is 9.21. The number of hydrogen-bond donors (Lipinski definition) is 0. The Balaban J connectivity index is 1.55. The van der Waals surface area contributed by atoms with Gasteiger partial charge in [0.25, 0.3) is 0 Å².